The lowest BCUT2D eigenvalue weighted by Gasteiger charge is -2.19. The Bertz CT molecular complexity index is 1250. The first-order valence-corrected chi connectivity index (χ1v) is 12.1. The van der Waals surface area contributed by atoms with Crippen molar-refractivity contribution in [3.63, 3.8) is 0 Å². The van der Waals surface area contributed by atoms with Crippen molar-refractivity contribution in [2.24, 2.45) is 5.84 Å². The molecular formula is C20H23N8OP. The van der Waals surface area contributed by atoms with E-state index in [4.69, 9.17) is 11.6 Å². The second-order valence-corrected chi connectivity index (χ2v) is 11.0. The van der Waals surface area contributed by atoms with Crippen LogP contribution in [-0.4, -0.2) is 38.1 Å². The summed E-state index contributed by atoms with van der Waals surface area (Å²) in [6, 6.07) is 9.87. The summed E-state index contributed by atoms with van der Waals surface area (Å²) >= 11 is 0. The number of nitrogen functional groups attached to an aromatic ring is 1. The normalized spacial score (nSPS) is 11.7. The number of hydrazine groups is 1. The summed E-state index contributed by atoms with van der Waals surface area (Å²) in [4.78, 5) is 13.2. The van der Waals surface area contributed by atoms with E-state index in [2.05, 4.69) is 20.1 Å². The molecule has 0 saturated carbocycles. The lowest BCUT2D eigenvalue weighted by Crippen LogP contribution is -2.32. The highest BCUT2D eigenvalue weighted by Gasteiger charge is 2.15. The first-order chi connectivity index (χ1) is 14.3. The number of benzene rings is 1. The number of rotatable bonds is 6. The monoisotopic (exact) mass is 422 g/mol. The van der Waals surface area contributed by atoms with Crippen LogP contribution in [-0.2, 0) is 17.4 Å². The van der Waals surface area contributed by atoms with Crippen molar-refractivity contribution in [2.45, 2.75) is 12.8 Å². The van der Waals surface area contributed by atoms with E-state index in [1.165, 1.54) is 5.01 Å². The number of fused-ring (bicyclic) bond motifs is 1. The van der Waals surface area contributed by atoms with Crippen molar-refractivity contribution in [3.8, 4) is 11.3 Å². The van der Waals surface area contributed by atoms with Gasteiger partial charge in [-0.2, -0.15) is 5.10 Å². The molecule has 10 heteroatoms. The van der Waals surface area contributed by atoms with Crippen molar-refractivity contribution < 1.29 is 4.57 Å². The molecule has 1 aromatic carbocycles. The molecule has 4 rings (SSSR count). The third-order valence-corrected chi connectivity index (χ3v) is 5.46. The molecule has 0 aliphatic rings. The number of anilines is 2. The predicted molar refractivity (Wildman–Crippen MR) is 119 cm³/mol. The van der Waals surface area contributed by atoms with Gasteiger partial charge in [0.25, 0.3) is 0 Å². The Morgan fingerprint density at radius 3 is 2.80 bits per heavy atom. The van der Waals surface area contributed by atoms with Gasteiger partial charge in [-0.1, -0.05) is 12.1 Å². The molecule has 0 amide bonds. The minimum atomic E-state index is -2.24. The highest BCUT2D eigenvalue weighted by atomic mass is 31.2. The van der Waals surface area contributed by atoms with Gasteiger partial charge in [0.15, 0.2) is 11.6 Å². The predicted octanol–water partition coefficient (Wildman–Crippen LogP) is 2.93. The SMILES string of the molecule is CP(C)(=O)Cn1cc(-c2cnc(N)c(N(N)Cc3ccc4ncccc4c3)n2)cn1. The highest BCUT2D eigenvalue weighted by molar-refractivity contribution is 7.61. The molecule has 0 spiro atoms. The van der Waals surface area contributed by atoms with E-state index in [0.717, 1.165) is 22.0 Å². The molecule has 0 radical (unpaired) electrons. The summed E-state index contributed by atoms with van der Waals surface area (Å²) in [5.74, 6) is 6.90. The summed E-state index contributed by atoms with van der Waals surface area (Å²) in [5, 5.41) is 6.77. The maximum absolute atomic E-state index is 12.0. The zero-order chi connectivity index (χ0) is 21.3. The number of hydrogen-bond acceptors (Lipinski definition) is 8. The third kappa shape index (κ3) is 4.48. The molecule has 3 heterocycles. The van der Waals surface area contributed by atoms with E-state index in [1.807, 2.05) is 30.3 Å². The Hall–Kier alpha value is -3.29. The van der Waals surface area contributed by atoms with Crippen molar-refractivity contribution in [2.75, 3.05) is 24.1 Å². The number of nitrogens with two attached hydrogens (primary N) is 2. The molecule has 0 aliphatic heterocycles. The van der Waals surface area contributed by atoms with Crippen LogP contribution in [0.1, 0.15) is 5.56 Å². The summed E-state index contributed by atoms with van der Waals surface area (Å²) < 4.78 is 13.7. The molecule has 30 heavy (non-hydrogen) atoms. The molecule has 0 bridgehead atoms. The van der Waals surface area contributed by atoms with E-state index in [1.54, 1.807) is 42.8 Å². The van der Waals surface area contributed by atoms with E-state index in [-0.39, 0.29) is 5.82 Å². The maximum atomic E-state index is 12.0. The van der Waals surface area contributed by atoms with Crippen LogP contribution in [0.15, 0.2) is 55.1 Å². The zero-order valence-corrected chi connectivity index (χ0v) is 17.7. The molecule has 0 unspecified atom stereocenters. The van der Waals surface area contributed by atoms with Crippen LogP contribution < -0.4 is 16.6 Å². The van der Waals surface area contributed by atoms with Gasteiger partial charge in [0, 0.05) is 23.3 Å². The minimum absolute atomic E-state index is 0.239. The number of hydrogen-bond donors (Lipinski definition) is 2. The highest BCUT2D eigenvalue weighted by Crippen LogP contribution is 2.37. The maximum Gasteiger partial charge on any atom is 0.186 e. The number of pyridine rings is 1. The van der Waals surface area contributed by atoms with E-state index in [9.17, 15) is 4.57 Å². The third-order valence-electron chi connectivity index (χ3n) is 4.49. The fourth-order valence-electron chi connectivity index (χ4n) is 3.16. The molecule has 0 aliphatic carbocycles. The van der Waals surface area contributed by atoms with Gasteiger partial charge >= 0.3 is 0 Å². The Kier molecular flexibility index (Phi) is 5.24. The fraction of sp³-hybridized carbons (Fsp3) is 0.200. The van der Waals surface area contributed by atoms with Crippen LogP contribution in [0.4, 0.5) is 11.6 Å². The second-order valence-electron chi connectivity index (χ2n) is 7.61. The average Bonchev–Trinajstić information content (AvgIpc) is 3.14. The summed E-state index contributed by atoms with van der Waals surface area (Å²) in [6.45, 7) is 3.86. The lowest BCUT2D eigenvalue weighted by atomic mass is 10.1. The van der Waals surface area contributed by atoms with Crippen LogP contribution in [0.2, 0.25) is 0 Å². The number of nitrogens with zero attached hydrogens (tertiary/aromatic N) is 6. The lowest BCUT2D eigenvalue weighted by molar-refractivity contribution is 0.569. The Morgan fingerprint density at radius 2 is 2.00 bits per heavy atom. The van der Waals surface area contributed by atoms with Gasteiger partial charge in [0.2, 0.25) is 0 Å². The Labute approximate surface area is 174 Å². The molecule has 0 atom stereocenters. The van der Waals surface area contributed by atoms with Crippen molar-refractivity contribution in [1.82, 2.24) is 24.7 Å². The quantitative estimate of drug-likeness (QED) is 0.276. The first kappa shape index (κ1) is 20.0. The summed E-state index contributed by atoms with van der Waals surface area (Å²) in [6.07, 6.45) is 7.16. The topological polar surface area (TPSA) is 129 Å². The largest absolute Gasteiger partial charge is 0.381 e. The molecule has 4 aromatic rings. The molecule has 4 N–H and O–H groups in total. The smallest absolute Gasteiger partial charge is 0.186 e. The molecular weight excluding hydrogens is 399 g/mol. The van der Waals surface area contributed by atoms with Crippen molar-refractivity contribution in [3.05, 3.63) is 60.7 Å². The summed E-state index contributed by atoms with van der Waals surface area (Å²) in [5.41, 5.74) is 9.30. The minimum Gasteiger partial charge on any atom is -0.381 e. The molecule has 0 fully saturated rings. The van der Waals surface area contributed by atoms with Gasteiger partial charge in [0.05, 0.1) is 36.4 Å². The van der Waals surface area contributed by atoms with Crippen LogP contribution in [0.5, 0.6) is 0 Å². The molecule has 9 nitrogen and oxygen atoms in total. The fourth-order valence-corrected chi connectivity index (χ4v) is 4.01. The molecule has 3 aromatic heterocycles. The average molecular weight is 422 g/mol. The molecule has 154 valence electrons. The van der Waals surface area contributed by atoms with Gasteiger partial charge in [-0.15, -0.1) is 0 Å². The Balaban J connectivity index is 1.58. The van der Waals surface area contributed by atoms with Crippen molar-refractivity contribution >= 4 is 29.7 Å². The first-order valence-electron chi connectivity index (χ1n) is 9.34. The van der Waals surface area contributed by atoms with Gasteiger partial charge in [-0.05, 0) is 37.1 Å². The van der Waals surface area contributed by atoms with Crippen molar-refractivity contribution in [1.29, 1.82) is 0 Å². The number of aromatic nitrogens is 5. The van der Waals surface area contributed by atoms with Crippen LogP contribution in [0, 0.1) is 0 Å². The second kappa shape index (κ2) is 7.85. The standard InChI is InChI=1S/C20H23N8OP/c1-30(2,29)13-27-12-16(9-25-27)18-10-24-19(21)20(26-18)28(22)11-14-5-6-17-15(8-14)4-3-7-23-17/h3-10,12H,11,13,22H2,1-2H3,(H2,21,24). The van der Waals surface area contributed by atoms with Gasteiger partial charge in [-0.25, -0.2) is 15.8 Å². The Morgan fingerprint density at radius 1 is 1.17 bits per heavy atom. The van der Waals surface area contributed by atoms with E-state index in [0.29, 0.717) is 24.3 Å². The summed E-state index contributed by atoms with van der Waals surface area (Å²) in [7, 11) is -2.24. The van der Waals surface area contributed by atoms with Crippen LogP contribution in [0.3, 0.4) is 0 Å². The van der Waals surface area contributed by atoms with Gasteiger partial charge in [-0.3, -0.25) is 14.7 Å². The van der Waals surface area contributed by atoms with E-state index < -0.39 is 7.14 Å². The van der Waals surface area contributed by atoms with Gasteiger partial charge in [0.1, 0.15) is 7.14 Å². The van der Waals surface area contributed by atoms with Crippen LogP contribution in [0.25, 0.3) is 22.2 Å². The van der Waals surface area contributed by atoms with E-state index >= 15 is 0 Å². The van der Waals surface area contributed by atoms with Crippen LogP contribution >= 0.6 is 7.14 Å². The van der Waals surface area contributed by atoms with Gasteiger partial charge < -0.3 is 10.3 Å². The zero-order valence-electron chi connectivity index (χ0n) is 16.8. The molecule has 0 saturated heterocycles.